The van der Waals surface area contributed by atoms with Crippen LogP contribution in [0.5, 0.6) is 0 Å². The molecule has 0 fully saturated rings. The third-order valence-corrected chi connectivity index (χ3v) is 4.31. The number of likely N-dealkylation sites (N-methyl/N-ethyl adjacent to an activating group) is 1. The fourth-order valence-corrected chi connectivity index (χ4v) is 2.94. The predicted octanol–water partition coefficient (Wildman–Crippen LogP) is 1.80. The SMILES string of the molecule is CCN(CC)CC(C)NCc1nc2ccsc2c(=O)[nH]1. The van der Waals surface area contributed by atoms with Gasteiger partial charge in [0.25, 0.3) is 5.56 Å². The minimum absolute atomic E-state index is 0.0433. The van der Waals surface area contributed by atoms with Gasteiger partial charge in [-0.2, -0.15) is 0 Å². The molecule has 0 saturated heterocycles. The summed E-state index contributed by atoms with van der Waals surface area (Å²) in [6.07, 6.45) is 0. The number of thiophene rings is 1. The van der Waals surface area contributed by atoms with Crippen LogP contribution >= 0.6 is 11.3 Å². The van der Waals surface area contributed by atoms with Crippen molar-refractivity contribution in [3.8, 4) is 0 Å². The molecule has 0 bridgehead atoms. The maximum absolute atomic E-state index is 11.9. The van der Waals surface area contributed by atoms with Crippen LogP contribution in [0.2, 0.25) is 0 Å². The first-order chi connectivity index (χ1) is 9.63. The van der Waals surface area contributed by atoms with Crippen LogP contribution in [0.25, 0.3) is 10.2 Å². The lowest BCUT2D eigenvalue weighted by Gasteiger charge is -2.23. The van der Waals surface area contributed by atoms with Crippen molar-refractivity contribution in [2.75, 3.05) is 19.6 Å². The van der Waals surface area contributed by atoms with Gasteiger partial charge in [0.2, 0.25) is 0 Å². The van der Waals surface area contributed by atoms with Gasteiger partial charge in [0.1, 0.15) is 10.5 Å². The van der Waals surface area contributed by atoms with E-state index in [1.54, 1.807) is 0 Å². The second-order valence-corrected chi connectivity index (χ2v) is 5.83. The Morgan fingerprint density at radius 2 is 2.20 bits per heavy atom. The summed E-state index contributed by atoms with van der Waals surface area (Å²) in [7, 11) is 0. The van der Waals surface area contributed by atoms with Crippen molar-refractivity contribution in [3.05, 3.63) is 27.6 Å². The van der Waals surface area contributed by atoms with Crippen molar-refractivity contribution in [3.63, 3.8) is 0 Å². The monoisotopic (exact) mass is 294 g/mol. The largest absolute Gasteiger partial charge is 0.308 e. The summed E-state index contributed by atoms with van der Waals surface area (Å²) in [4.78, 5) is 21.5. The molecular weight excluding hydrogens is 272 g/mol. The van der Waals surface area contributed by atoms with Gasteiger partial charge in [-0.3, -0.25) is 4.79 Å². The summed E-state index contributed by atoms with van der Waals surface area (Å²) in [5.41, 5.74) is 0.741. The molecule has 0 aliphatic carbocycles. The van der Waals surface area contributed by atoms with E-state index >= 15 is 0 Å². The third-order valence-electron chi connectivity index (χ3n) is 3.41. The number of nitrogens with zero attached hydrogens (tertiary/aromatic N) is 2. The summed E-state index contributed by atoms with van der Waals surface area (Å²) >= 11 is 1.43. The van der Waals surface area contributed by atoms with E-state index in [0.717, 1.165) is 25.2 Å². The van der Waals surface area contributed by atoms with Crippen molar-refractivity contribution >= 4 is 21.6 Å². The minimum atomic E-state index is -0.0433. The molecule has 0 amide bonds. The van der Waals surface area contributed by atoms with E-state index in [9.17, 15) is 4.79 Å². The van der Waals surface area contributed by atoms with Crippen molar-refractivity contribution < 1.29 is 0 Å². The molecule has 1 unspecified atom stereocenters. The molecule has 2 aromatic rings. The molecule has 0 radical (unpaired) electrons. The fourth-order valence-electron chi connectivity index (χ4n) is 2.21. The summed E-state index contributed by atoms with van der Waals surface area (Å²) in [5, 5.41) is 5.31. The van der Waals surface area contributed by atoms with Gasteiger partial charge in [-0.15, -0.1) is 11.3 Å². The number of H-pyrrole nitrogens is 1. The summed E-state index contributed by atoms with van der Waals surface area (Å²) in [6.45, 7) is 10.2. The Hall–Kier alpha value is -1.24. The highest BCUT2D eigenvalue weighted by Gasteiger charge is 2.09. The molecule has 5 nitrogen and oxygen atoms in total. The van der Waals surface area contributed by atoms with E-state index in [0.29, 0.717) is 23.1 Å². The molecule has 0 aliphatic rings. The number of aromatic nitrogens is 2. The van der Waals surface area contributed by atoms with Gasteiger partial charge in [0, 0.05) is 12.6 Å². The quantitative estimate of drug-likeness (QED) is 0.817. The first-order valence-electron chi connectivity index (χ1n) is 7.06. The molecular formula is C14H22N4OS. The Morgan fingerprint density at radius 3 is 2.90 bits per heavy atom. The highest BCUT2D eigenvalue weighted by molar-refractivity contribution is 7.17. The number of aromatic amines is 1. The van der Waals surface area contributed by atoms with Gasteiger partial charge >= 0.3 is 0 Å². The van der Waals surface area contributed by atoms with Crippen molar-refractivity contribution in [2.24, 2.45) is 0 Å². The van der Waals surface area contributed by atoms with Crippen LogP contribution in [-0.2, 0) is 6.54 Å². The van der Waals surface area contributed by atoms with Gasteiger partial charge in [-0.05, 0) is 31.5 Å². The van der Waals surface area contributed by atoms with Gasteiger partial charge < -0.3 is 15.2 Å². The lowest BCUT2D eigenvalue weighted by Crippen LogP contribution is -2.39. The summed E-state index contributed by atoms with van der Waals surface area (Å²) in [6, 6.07) is 2.25. The molecule has 110 valence electrons. The normalized spacial score (nSPS) is 13.2. The zero-order valence-electron chi connectivity index (χ0n) is 12.3. The molecule has 1 atom stereocenters. The Balaban J connectivity index is 1.97. The molecule has 6 heteroatoms. The summed E-state index contributed by atoms with van der Waals surface area (Å²) in [5.74, 6) is 0.701. The van der Waals surface area contributed by atoms with Crippen LogP contribution in [0.1, 0.15) is 26.6 Å². The molecule has 0 aliphatic heterocycles. The van der Waals surface area contributed by atoms with Crippen molar-refractivity contribution in [2.45, 2.75) is 33.4 Å². The number of rotatable bonds is 7. The predicted molar refractivity (Wildman–Crippen MR) is 84.3 cm³/mol. The molecule has 2 rings (SSSR count). The van der Waals surface area contributed by atoms with Crippen LogP contribution in [0.4, 0.5) is 0 Å². The molecule has 20 heavy (non-hydrogen) atoms. The maximum atomic E-state index is 11.9. The van der Waals surface area contributed by atoms with Crippen LogP contribution in [0, 0.1) is 0 Å². The maximum Gasteiger partial charge on any atom is 0.268 e. The van der Waals surface area contributed by atoms with Gasteiger partial charge in [-0.1, -0.05) is 13.8 Å². The number of fused-ring (bicyclic) bond motifs is 1. The Kier molecular flexibility index (Phi) is 5.28. The molecule has 0 aromatic carbocycles. The smallest absolute Gasteiger partial charge is 0.268 e. The highest BCUT2D eigenvalue weighted by Crippen LogP contribution is 2.13. The lowest BCUT2D eigenvalue weighted by atomic mass is 10.3. The molecule has 2 aromatic heterocycles. The lowest BCUT2D eigenvalue weighted by molar-refractivity contribution is 0.270. The average Bonchev–Trinajstić information content (AvgIpc) is 2.91. The fraction of sp³-hybridized carbons (Fsp3) is 0.571. The van der Waals surface area contributed by atoms with E-state index < -0.39 is 0 Å². The number of nitrogens with one attached hydrogen (secondary N) is 2. The number of hydrogen-bond acceptors (Lipinski definition) is 5. The highest BCUT2D eigenvalue weighted by atomic mass is 32.1. The van der Waals surface area contributed by atoms with Gasteiger partial charge in [0.05, 0.1) is 12.1 Å². The molecule has 2 heterocycles. The summed E-state index contributed by atoms with van der Waals surface area (Å²) < 4.78 is 0.699. The van der Waals surface area contributed by atoms with Crippen LogP contribution < -0.4 is 10.9 Å². The minimum Gasteiger partial charge on any atom is -0.308 e. The van der Waals surface area contributed by atoms with Crippen LogP contribution in [0.15, 0.2) is 16.2 Å². The Labute approximate surface area is 123 Å². The second-order valence-electron chi connectivity index (χ2n) is 4.92. The Morgan fingerprint density at radius 1 is 1.45 bits per heavy atom. The second kappa shape index (κ2) is 6.97. The standard InChI is InChI=1S/C14H22N4OS/c1-4-18(5-2)9-10(3)15-8-12-16-11-6-7-20-13(11)14(19)17-12/h6-7,10,15H,4-5,8-9H2,1-3H3,(H,16,17,19). The van der Waals surface area contributed by atoms with Gasteiger partial charge in [0.15, 0.2) is 0 Å². The van der Waals surface area contributed by atoms with Crippen molar-refractivity contribution in [1.29, 1.82) is 0 Å². The van der Waals surface area contributed by atoms with Crippen LogP contribution in [-0.4, -0.2) is 40.5 Å². The van der Waals surface area contributed by atoms with E-state index in [4.69, 9.17) is 0 Å². The first-order valence-corrected chi connectivity index (χ1v) is 7.94. The zero-order valence-corrected chi connectivity index (χ0v) is 13.1. The van der Waals surface area contributed by atoms with E-state index in [1.165, 1.54) is 11.3 Å². The zero-order chi connectivity index (χ0) is 14.5. The topological polar surface area (TPSA) is 61.0 Å². The molecule has 2 N–H and O–H groups in total. The van der Waals surface area contributed by atoms with Crippen LogP contribution in [0.3, 0.4) is 0 Å². The van der Waals surface area contributed by atoms with Gasteiger partial charge in [-0.25, -0.2) is 4.98 Å². The van der Waals surface area contributed by atoms with Crippen molar-refractivity contribution in [1.82, 2.24) is 20.2 Å². The average molecular weight is 294 g/mol. The third kappa shape index (κ3) is 3.65. The Bertz CT molecular complexity index is 602. The van der Waals surface area contributed by atoms with E-state index in [1.807, 2.05) is 11.4 Å². The van der Waals surface area contributed by atoms with E-state index in [2.05, 4.69) is 41.0 Å². The first kappa shape index (κ1) is 15.2. The van der Waals surface area contributed by atoms with E-state index in [-0.39, 0.29) is 5.56 Å². The number of hydrogen-bond donors (Lipinski definition) is 2. The molecule has 0 spiro atoms. The molecule has 0 saturated carbocycles.